The van der Waals surface area contributed by atoms with Gasteiger partial charge in [-0.25, -0.2) is 0 Å². The first-order chi connectivity index (χ1) is 19.6. The first-order valence-electron chi connectivity index (χ1n) is 13.0. The van der Waals surface area contributed by atoms with E-state index in [1.54, 1.807) is 54.6 Å². The summed E-state index contributed by atoms with van der Waals surface area (Å²) in [6.07, 6.45) is -5.12. The van der Waals surface area contributed by atoms with Gasteiger partial charge in [0.15, 0.2) is 0 Å². The third-order valence-corrected chi connectivity index (χ3v) is 6.78. The van der Waals surface area contributed by atoms with Crippen molar-refractivity contribution in [3.63, 3.8) is 0 Å². The van der Waals surface area contributed by atoms with Crippen molar-refractivity contribution in [3.05, 3.63) is 77.4 Å². The highest BCUT2D eigenvalue weighted by Gasteiger charge is 2.44. The van der Waals surface area contributed by atoms with Gasteiger partial charge in [-0.05, 0) is 41.5 Å². The number of amides is 1. The summed E-state index contributed by atoms with van der Waals surface area (Å²) in [5.74, 6) is -1.42. The van der Waals surface area contributed by atoms with Gasteiger partial charge in [-0.2, -0.15) is 0 Å². The molecule has 1 saturated heterocycles. The molecule has 2 aromatic rings. The van der Waals surface area contributed by atoms with Crippen LogP contribution in [0.1, 0.15) is 47.5 Å². The lowest BCUT2D eigenvalue weighted by Crippen LogP contribution is -2.55. The number of anilines is 1. The molecular weight excluding hydrogens is 538 g/mol. The van der Waals surface area contributed by atoms with Crippen molar-refractivity contribution in [2.45, 2.75) is 62.7 Å². The molecule has 2 heterocycles. The fourth-order valence-corrected chi connectivity index (χ4v) is 4.67. The summed E-state index contributed by atoms with van der Waals surface area (Å²) in [5, 5.41) is 42.8. The van der Waals surface area contributed by atoms with E-state index in [2.05, 4.69) is 5.32 Å². The highest BCUT2D eigenvalue weighted by Crippen LogP contribution is 2.33. The first kappa shape index (κ1) is 30.3. The average Bonchev–Trinajstić information content (AvgIpc) is 2.95. The molecule has 12 nitrogen and oxygen atoms in total. The summed E-state index contributed by atoms with van der Waals surface area (Å²) in [7, 11) is 0. The van der Waals surface area contributed by atoms with Gasteiger partial charge < -0.3 is 44.7 Å². The third kappa shape index (κ3) is 7.36. The quantitative estimate of drug-likeness (QED) is 0.225. The van der Waals surface area contributed by atoms with Crippen LogP contribution in [0.2, 0.25) is 0 Å². The second-order valence-corrected chi connectivity index (χ2v) is 9.81. The van der Waals surface area contributed by atoms with Crippen LogP contribution in [-0.2, 0) is 28.5 Å². The van der Waals surface area contributed by atoms with E-state index >= 15 is 0 Å². The summed E-state index contributed by atoms with van der Waals surface area (Å²) in [5.41, 5.74) is 1.89. The normalized spacial score (nSPS) is 29.4. The lowest BCUT2D eigenvalue weighted by molar-refractivity contribution is -0.231. The van der Waals surface area contributed by atoms with Crippen molar-refractivity contribution in [2.75, 3.05) is 18.5 Å². The Morgan fingerprint density at radius 3 is 2.24 bits per heavy atom. The Hall–Kier alpha value is -3.65. The number of benzene rings is 2. The van der Waals surface area contributed by atoms with Gasteiger partial charge in [0.2, 0.25) is 0 Å². The van der Waals surface area contributed by atoms with Crippen LogP contribution in [-0.4, -0.2) is 88.1 Å². The molecule has 5 N–H and O–H groups in total. The van der Waals surface area contributed by atoms with Gasteiger partial charge in [-0.15, -0.1) is 0 Å². The van der Waals surface area contributed by atoms with Gasteiger partial charge in [0.05, 0.1) is 6.61 Å². The Balaban J connectivity index is 1.43. The van der Waals surface area contributed by atoms with Gasteiger partial charge in [-0.3, -0.25) is 14.4 Å². The number of carbonyl (C=O) groups excluding carboxylic acids is 3. The van der Waals surface area contributed by atoms with Crippen molar-refractivity contribution < 1.29 is 53.8 Å². The zero-order chi connectivity index (χ0) is 29.7. The van der Waals surface area contributed by atoms with Gasteiger partial charge in [0, 0.05) is 25.1 Å². The van der Waals surface area contributed by atoms with Gasteiger partial charge >= 0.3 is 11.9 Å². The monoisotopic (exact) mass is 571 g/mol. The SMILES string of the molecule is CC(=O)OCC1OC(c2ccc(NC(=O)c3cccc([C@H]4O[C@H](CO)[C@@H](O)[C@H](O)[C@H]4O)c3)cc2)C=CC1OC(C)=O. The number of esters is 2. The number of hydrogen-bond acceptors (Lipinski definition) is 11. The maximum atomic E-state index is 13.0. The number of nitrogens with one attached hydrogen (secondary N) is 1. The summed E-state index contributed by atoms with van der Waals surface area (Å²) in [6, 6.07) is 13.2. The Kier molecular flexibility index (Phi) is 9.86. The number of hydrogen-bond donors (Lipinski definition) is 5. The molecule has 0 spiro atoms. The molecule has 0 radical (unpaired) electrons. The summed E-state index contributed by atoms with van der Waals surface area (Å²) >= 11 is 0. The topological polar surface area (TPSA) is 181 Å². The van der Waals surface area contributed by atoms with Gasteiger partial charge in [0.1, 0.15) is 55.4 Å². The minimum atomic E-state index is -1.53. The molecule has 3 unspecified atom stereocenters. The summed E-state index contributed by atoms with van der Waals surface area (Å²) in [6.45, 7) is 1.90. The molecule has 0 bridgehead atoms. The van der Waals surface area contributed by atoms with Crippen LogP contribution in [0.3, 0.4) is 0 Å². The van der Waals surface area contributed by atoms with Crippen LogP contribution < -0.4 is 5.32 Å². The van der Waals surface area contributed by atoms with Crippen molar-refractivity contribution in [2.24, 2.45) is 0 Å². The molecule has 12 heteroatoms. The molecule has 2 aliphatic heterocycles. The highest BCUT2D eigenvalue weighted by atomic mass is 16.6. The zero-order valence-electron chi connectivity index (χ0n) is 22.5. The molecular formula is C29H33NO11. The van der Waals surface area contributed by atoms with E-state index in [1.165, 1.54) is 19.9 Å². The van der Waals surface area contributed by atoms with Crippen LogP contribution in [0.15, 0.2) is 60.7 Å². The highest BCUT2D eigenvalue weighted by molar-refractivity contribution is 6.04. The van der Waals surface area contributed by atoms with Crippen LogP contribution in [0, 0.1) is 0 Å². The van der Waals surface area contributed by atoms with E-state index in [4.69, 9.17) is 18.9 Å². The minimum Gasteiger partial charge on any atom is -0.463 e. The molecule has 220 valence electrons. The summed E-state index contributed by atoms with van der Waals surface area (Å²) in [4.78, 5) is 35.7. The molecule has 0 aromatic heterocycles. The smallest absolute Gasteiger partial charge is 0.303 e. The minimum absolute atomic E-state index is 0.0928. The average molecular weight is 572 g/mol. The predicted octanol–water partition coefficient (Wildman–Crippen LogP) is 0.945. The number of carbonyl (C=O) groups is 3. The van der Waals surface area contributed by atoms with E-state index in [-0.39, 0.29) is 12.2 Å². The second kappa shape index (κ2) is 13.3. The zero-order valence-corrected chi connectivity index (χ0v) is 22.5. The molecule has 4 rings (SSSR count). The fraction of sp³-hybridized carbons (Fsp3) is 0.414. The maximum Gasteiger partial charge on any atom is 0.303 e. The van der Waals surface area contributed by atoms with E-state index in [0.29, 0.717) is 11.3 Å². The number of aliphatic hydroxyl groups excluding tert-OH is 4. The molecule has 8 atom stereocenters. The lowest BCUT2D eigenvalue weighted by atomic mass is 9.90. The molecule has 41 heavy (non-hydrogen) atoms. The third-order valence-electron chi connectivity index (χ3n) is 6.78. The van der Waals surface area contributed by atoms with Crippen molar-refractivity contribution in [3.8, 4) is 0 Å². The van der Waals surface area contributed by atoms with Crippen LogP contribution in [0.5, 0.6) is 0 Å². The predicted molar refractivity (Wildman–Crippen MR) is 142 cm³/mol. The van der Waals surface area contributed by atoms with E-state index in [1.807, 2.05) is 0 Å². The van der Waals surface area contributed by atoms with Crippen LogP contribution in [0.4, 0.5) is 5.69 Å². The fourth-order valence-electron chi connectivity index (χ4n) is 4.67. The second-order valence-electron chi connectivity index (χ2n) is 9.81. The van der Waals surface area contributed by atoms with Crippen molar-refractivity contribution >= 4 is 23.5 Å². The molecule has 1 fully saturated rings. The van der Waals surface area contributed by atoms with Gasteiger partial charge in [-0.1, -0.05) is 30.3 Å². The van der Waals surface area contributed by atoms with E-state index in [0.717, 1.165) is 5.56 Å². The number of ether oxygens (including phenoxy) is 4. The molecule has 0 saturated carbocycles. The van der Waals surface area contributed by atoms with Crippen LogP contribution in [0.25, 0.3) is 0 Å². The van der Waals surface area contributed by atoms with Crippen molar-refractivity contribution in [1.82, 2.24) is 0 Å². The Bertz CT molecular complexity index is 1260. The van der Waals surface area contributed by atoms with Gasteiger partial charge in [0.25, 0.3) is 5.91 Å². The van der Waals surface area contributed by atoms with Crippen molar-refractivity contribution in [1.29, 1.82) is 0 Å². The number of rotatable bonds is 8. The molecule has 0 aliphatic carbocycles. The molecule has 2 aliphatic rings. The Morgan fingerprint density at radius 2 is 1.59 bits per heavy atom. The standard InChI is InChI=1S/C29H33NO11/c1-15(32)38-14-24-22(39-16(2)33)11-10-21(40-24)17-6-8-20(9-7-17)30-29(37)19-5-3-4-18(12-19)28-27(36)26(35)25(34)23(13-31)41-28/h3-12,21-28,31,34-36H,13-14H2,1-2H3,(H,30,37)/t21?,22?,23-,24?,25-,26+,27-,28-/m1/s1. The Labute approximate surface area is 236 Å². The molecule has 2 aromatic carbocycles. The van der Waals surface area contributed by atoms with E-state index in [9.17, 15) is 34.8 Å². The van der Waals surface area contributed by atoms with E-state index < -0.39 is 73.3 Å². The summed E-state index contributed by atoms with van der Waals surface area (Å²) < 4.78 is 21.9. The maximum absolute atomic E-state index is 13.0. The largest absolute Gasteiger partial charge is 0.463 e. The molecule has 1 amide bonds. The number of aliphatic hydroxyl groups is 4. The first-order valence-corrected chi connectivity index (χ1v) is 13.0. The van der Waals surface area contributed by atoms with Crippen LogP contribution >= 0.6 is 0 Å². The lowest BCUT2D eigenvalue weighted by Gasteiger charge is -2.40. The Morgan fingerprint density at radius 1 is 0.854 bits per heavy atom.